The minimum atomic E-state index is -0.934. The highest BCUT2D eigenvalue weighted by Gasteiger charge is 2.55. The Morgan fingerprint density at radius 3 is 2.55 bits per heavy atom. The van der Waals surface area contributed by atoms with E-state index in [1.807, 2.05) is 32.7 Å². The Bertz CT molecular complexity index is 911. The van der Waals surface area contributed by atoms with Crippen LogP contribution in [0.25, 0.3) is 0 Å². The summed E-state index contributed by atoms with van der Waals surface area (Å²) < 4.78 is 40.6. The molecule has 11 heteroatoms. The van der Waals surface area contributed by atoms with E-state index in [1.165, 1.54) is 0 Å². The average molecular weight is 488 g/mol. The molecule has 8 nitrogen and oxygen atoms in total. The van der Waals surface area contributed by atoms with Crippen molar-refractivity contribution >= 4 is 23.5 Å². The minimum absolute atomic E-state index is 0.0514. The van der Waals surface area contributed by atoms with Crippen LogP contribution in [0.5, 0.6) is 5.88 Å². The number of halogens is 3. The van der Waals surface area contributed by atoms with E-state index in [9.17, 15) is 9.18 Å². The first-order valence-corrected chi connectivity index (χ1v) is 11.8. The van der Waals surface area contributed by atoms with Gasteiger partial charge in [-0.25, -0.2) is 9.18 Å². The summed E-state index contributed by atoms with van der Waals surface area (Å²) in [5.74, 6) is -0.895. The first-order chi connectivity index (χ1) is 15.4. The van der Waals surface area contributed by atoms with Gasteiger partial charge < -0.3 is 14.4 Å². The number of ether oxygens (including phenoxy) is 2. The zero-order valence-corrected chi connectivity index (χ0v) is 20.5. The number of carbonyl (C=O) groups is 1. The Kier molecular flexibility index (Phi) is 6.37. The molecule has 4 rings (SSSR count). The third-order valence-corrected chi connectivity index (χ3v) is 6.73. The fraction of sp³-hybridized carbons (Fsp3) is 0.773. The summed E-state index contributed by atoms with van der Waals surface area (Å²) in [5, 5.41) is -0.129. The number of likely N-dealkylation sites (tertiary alicyclic amines) is 1. The van der Waals surface area contributed by atoms with Crippen LogP contribution in [-0.2, 0) is 4.74 Å². The lowest BCUT2D eigenvalue weighted by Gasteiger charge is -2.42. The van der Waals surface area contributed by atoms with Gasteiger partial charge in [-0.15, -0.1) is 0 Å². The van der Waals surface area contributed by atoms with Gasteiger partial charge in [0.2, 0.25) is 11.1 Å². The molecule has 0 unspecified atom stereocenters. The van der Waals surface area contributed by atoms with E-state index in [4.69, 9.17) is 21.1 Å². The predicted molar refractivity (Wildman–Crippen MR) is 120 cm³/mol. The largest absolute Gasteiger partial charge is 0.471 e. The number of hydrogen-bond acceptors (Lipinski definition) is 7. The quantitative estimate of drug-likeness (QED) is 0.600. The van der Waals surface area contributed by atoms with Crippen LogP contribution in [-0.4, -0.2) is 88.5 Å². The summed E-state index contributed by atoms with van der Waals surface area (Å²) in [4.78, 5) is 26.2. The molecule has 2 saturated heterocycles. The van der Waals surface area contributed by atoms with E-state index in [1.54, 1.807) is 16.7 Å². The summed E-state index contributed by atoms with van der Waals surface area (Å²) >= 11 is 6.12. The van der Waals surface area contributed by atoms with E-state index in [2.05, 4.69) is 9.97 Å². The fourth-order valence-corrected chi connectivity index (χ4v) is 4.94. The molecule has 3 fully saturated rings. The predicted octanol–water partition coefficient (Wildman–Crippen LogP) is 3.67. The van der Waals surface area contributed by atoms with E-state index in [0.717, 1.165) is 12.8 Å². The zero-order valence-electron chi connectivity index (χ0n) is 19.8. The van der Waals surface area contributed by atoms with Gasteiger partial charge in [-0.3, -0.25) is 9.80 Å². The Labute approximate surface area is 198 Å². The molecule has 0 N–H and O–H groups in total. The molecule has 0 bridgehead atoms. The Balaban J connectivity index is 1.50. The number of carbonyl (C=O) groups excluding carboxylic acids is 1. The highest BCUT2D eigenvalue weighted by Crippen LogP contribution is 2.46. The van der Waals surface area contributed by atoms with Crippen LogP contribution in [0.4, 0.5) is 19.4 Å². The van der Waals surface area contributed by atoms with E-state index < -0.39 is 29.2 Å². The lowest BCUT2D eigenvalue weighted by atomic mass is 10.1. The highest BCUT2D eigenvalue weighted by molar-refractivity contribution is 6.28. The van der Waals surface area contributed by atoms with Crippen LogP contribution in [0.3, 0.4) is 0 Å². The van der Waals surface area contributed by atoms with E-state index >= 15 is 4.39 Å². The van der Waals surface area contributed by atoms with Crippen LogP contribution in [0.2, 0.25) is 5.28 Å². The van der Waals surface area contributed by atoms with Crippen molar-refractivity contribution in [1.29, 1.82) is 0 Å². The number of rotatable bonds is 4. The molecule has 0 aromatic carbocycles. The summed E-state index contributed by atoms with van der Waals surface area (Å²) in [5.41, 5.74) is -0.990. The van der Waals surface area contributed by atoms with Gasteiger partial charge in [0.05, 0.1) is 5.54 Å². The smallest absolute Gasteiger partial charge is 0.410 e. The maximum atomic E-state index is 15.5. The van der Waals surface area contributed by atoms with Crippen molar-refractivity contribution in [3.8, 4) is 5.88 Å². The molecule has 1 aromatic heterocycles. The second-order valence-corrected chi connectivity index (χ2v) is 10.7. The second kappa shape index (κ2) is 8.69. The number of hydrogen-bond donors (Lipinski definition) is 0. The molecule has 1 amide bonds. The van der Waals surface area contributed by atoms with Crippen LogP contribution in [0.1, 0.15) is 47.0 Å². The van der Waals surface area contributed by atoms with Crippen molar-refractivity contribution in [1.82, 2.24) is 19.8 Å². The summed E-state index contributed by atoms with van der Waals surface area (Å²) in [6, 6.07) is -0.191. The molecule has 3 aliphatic rings. The van der Waals surface area contributed by atoms with Gasteiger partial charge >= 0.3 is 6.09 Å². The number of aromatic nitrogens is 2. The SMILES string of the molecule is C[C@H](Oc1nc(Cl)nc(N2CCN(C(=O)OC(C)(C)C)C3(CC3)C2)c1F)[C@@H]1C[C@@H](F)CN1C. The van der Waals surface area contributed by atoms with Gasteiger partial charge in [0, 0.05) is 32.2 Å². The zero-order chi connectivity index (χ0) is 24.1. The van der Waals surface area contributed by atoms with Crippen molar-refractivity contribution in [2.45, 2.75) is 76.4 Å². The number of nitrogens with zero attached hydrogens (tertiary/aromatic N) is 5. The normalized spacial score (nSPS) is 25.9. The van der Waals surface area contributed by atoms with Gasteiger partial charge in [-0.1, -0.05) is 0 Å². The lowest BCUT2D eigenvalue weighted by molar-refractivity contribution is 0.0105. The van der Waals surface area contributed by atoms with Crippen molar-refractivity contribution in [2.75, 3.05) is 38.1 Å². The van der Waals surface area contributed by atoms with Gasteiger partial charge in [0.25, 0.3) is 5.88 Å². The fourth-order valence-electron chi connectivity index (χ4n) is 4.78. The molecule has 1 saturated carbocycles. The third kappa shape index (κ3) is 5.11. The van der Waals surface area contributed by atoms with Gasteiger partial charge in [-0.2, -0.15) is 14.4 Å². The van der Waals surface area contributed by atoms with Gasteiger partial charge in [0.1, 0.15) is 17.9 Å². The van der Waals surface area contributed by atoms with Crippen molar-refractivity contribution in [2.24, 2.45) is 0 Å². The molecule has 1 aromatic rings. The number of anilines is 1. The van der Waals surface area contributed by atoms with Crippen molar-refractivity contribution in [3.05, 3.63) is 11.1 Å². The highest BCUT2D eigenvalue weighted by atomic mass is 35.5. The van der Waals surface area contributed by atoms with Crippen molar-refractivity contribution in [3.63, 3.8) is 0 Å². The van der Waals surface area contributed by atoms with Gasteiger partial charge in [-0.05, 0) is 65.6 Å². The molecule has 1 aliphatic carbocycles. The summed E-state index contributed by atoms with van der Waals surface area (Å²) in [6.45, 7) is 8.76. The Morgan fingerprint density at radius 1 is 1.27 bits per heavy atom. The standard InChI is InChI=1S/C22H32ClF2N5O3/c1-13(15-10-14(24)11-28(15)5)32-18-16(25)17(26-19(23)27-18)29-8-9-30(22(12-29)6-7-22)20(31)33-21(2,3)4/h13-15H,6-12H2,1-5H3/t13-,14+,15-/m0/s1. The lowest BCUT2D eigenvalue weighted by Crippen LogP contribution is -2.58. The Hall–Kier alpha value is -1.94. The molecule has 33 heavy (non-hydrogen) atoms. The number of amides is 1. The maximum absolute atomic E-state index is 15.5. The first-order valence-electron chi connectivity index (χ1n) is 11.4. The topological polar surface area (TPSA) is 71.0 Å². The number of alkyl halides is 1. The summed E-state index contributed by atoms with van der Waals surface area (Å²) in [7, 11) is 1.82. The number of likely N-dealkylation sites (N-methyl/N-ethyl adjacent to an activating group) is 1. The maximum Gasteiger partial charge on any atom is 0.410 e. The molecule has 2 aliphatic heterocycles. The third-order valence-electron chi connectivity index (χ3n) is 6.56. The Morgan fingerprint density at radius 2 is 1.97 bits per heavy atom. The first kappa shape index (κ1) is 24.2. The van der Waals surface area contributed by atoms with Crippen LogP contribution >= 0.6 is 11.6 Å². The van der Waals surface area contributed by atoms with Crippen LogP contribution in [0, 0.1) is 5.82 Å². The summed E-state index contributed by atoms with van der Waals surface area (Å²) in [6.07, 6.45) is 0.161. The number of piperazine rings is 1. The van der Waals surface area contributed by atoms with Crippen LogP contribution < -0.4 is 9.64 Å². The molecule has 0 radical (unpaired) electrons. The molecule has 184 valence electrons. The van der Waals surface area contributed by atoms with E-state index in [-0.39, 0.29) is 29.1 Å². The van der Waals surface area contributed by atoms with Crippen molar-refractivity contribution < 1.29 is 23.0 Å². The monoisotopic (exact) mass is 487 g/mol. The molecule has 3 atom stereocenters. The van der Waals surface area contributed by atoms with E-state index in [0.29, 0.717) is 32.6 Å². The van der Waals surface area contributed by atoms with Gasteiger partial charge in [0.15, 0.2) is 5.82 Å². The minimum Gasteiger partial charge on any atom is -0.471 e. The molecule has 1 spiro atoms. The average Bonchev–Trinajstić information content (AvgIpc) is 3.36. The molecular weight excluding hydrogens is 456 g/mol. The second-order valence-electron chi connectivity index (χ2n) is 10.4. The molecular formula is C22H32ClF2N5O3. The molecule has 3 heterocycles. The van der Waals surface area contributed by atoms with Crippen LogP contribution in [0.15, 0.2) is 0 Å².